The predicted octanol–water partition coefficient (Wildman–Crippen LogP) is 5.19. The van der Waals surface area contributed by atoms with Crippen molar-refractivity contribution in [3.8, 4) is 17.2 Å². The number of nitrogens with zero attached hydrogens (tertiary/aromatic N) is 5. The van der Waals surface area contributed by atoms with E-state index in [2.05, 4.69) is 51.2 Å². The van der Waals surface area contributed by atoms with E-state index in [9.17, 15) is 10.1 Å². The van der Waals surface area contributed by atoms with Gasteiger partial charge in [-0.2, -0.15) is 5.26 Å². The van der Waals surface area contributed by atoms with Crippen molar-refractivity contribution < 1.29 is 4.79 Å². The number of hydrogen-bond acceptors (Lipinski definition) is 5. The van der Waals surface area contributed by atoms with Crippen molar-refractivity contribution in [2.75, 3.05) is 24.5 Å². The number of carbonyl (C=O) groups excluding carboxylic acids is 1. The molecule has 6 heteroatoms. The number of anilines is 1. The van der Waals surface area contributed by atoms with Crippen LogP contribution in [0.4, 0.5) is 5.82 Å². The van der Waals surface area contributed by atoms with Gasteiger partial charge in [0.15, 0.2) is 0 Å². The highest BCUT2D eigenvalue weighted by atomic mass is 16.2. The lowest BCUT2D eigenvalue weighted by Gasteiger charge is -2.43. The molecule has 1 saturated heterocycles. The molecule has 1 amide bonds. The molecule has 1 aromatic carbocycles. The van der Waals surface area contributed by atoms with Crippen molar-refractivity contribution >= 4 is 22.5 Å². The summed E-state index contributed by atoms with van der Waals surface area (Å²) in [6.45, 7) is 4.28. The molecule has 2 aromatic heterocycles. The maximum atomic E-state index is 13.0. The van der Waals surface area contributed by atoms with Crippen LogP contribution in [0.15, 0.2) is 36.5 Å². The molecule has 3 heterocycles. The Morgan fingerprint density at radius 1 is 1.06 bits per heavy atom. The monoisotopic (exact) mass is 477 g/mol. The number of hydrogen-bond donors (Lipinski definition) is 0. The van der Waals surface area contributed by atoms with Crippen LogP contribution in [-0.2, 0) is 4.79 Å². The van der Waals surface area contributed by atoms with Gasteiger partial charge in [-0.05, 0) is 74.4 Å². The summed E-state index contributed by atoms with van der Waals surface area (Å²) >= 11 is 0. The first-order chi connectivity index (χ1) is 17.6. The molecule has 36 heavy (non-hydrogen) atoms. The van der Waals surface area contributed by atoms with Gasteiger partial charge in [0, 0.05) is 54.3 Å². The fourth-order valence-corrected chi connectivity index (χ4v) is 5.96. The molecule has 0 radical (unpaired) electrons. The molecule has 1 unspecified atom stereocenters. The smallest absolute Gasteiger partial charge is 0.226 e. The van der Waals surface area contributed by atoms with Crippen molar-refractivity contribution in [3.63, 3.8) is 0 Å². The highest BCUT2D eigenvalue weighted by molar-refractivity contribution is 5.97. The summed E-state index contributed by atoms with van der Waals surface area (Å²) in [6, 6.07) is 13.2. The molecule has 3 aromatic rings. The molecule has 3 saturated carbocycles. The van der Waals surface area contributed by atoms with Gasteiger partial charge in [-0.3, -0.25) is 9.78 Å². The van der Waals surface area contributed by atoms with Crippen molar-refractivity contribution in [2.24, 2.45) is 11.8 Å². The number of benzene rings is 1. The molecule has 182 valence electrons. The Labute approximate surface area is 211 Å². The van der Waals surface area contributed by atoms with E-state index in [4.69, 9.17) is 4.98 Å². The number of aromatic nitrogens is 2. The van der Waals surface area contributed by atoms with E-state index in [0.29, 0.717) is 23.3 Å². The fourth-order valence-electron chi connectivity index (χ4n) is 5.96. The van der Waals surface area contributed by atoms with Crippen LogP contribution >= 0.6 is 0 Å². The zero-order valence-corrected chi connectivity index (χ0v) is 20.8. The van der Waals surface area contributed by atoms with Gasteiger partial charge < -0.3 is 9.80 Å². The summed E-state index contributed by atoms with van der Waals surface area (Å²) in [5, 5.41) is 12.5. The van der Waals surface area contributed by atoms with E-state index in [1.165, 1.54) is 12.8 Å². The zero-order chi connectivity index (χ0) is 24.4. The van der Waals surface area contributed by atoms with Crippen LogP contribution in [-0.4, -0.2) is 46.5 Å². The fraction of sp³-hybridized carbons (Fsp3) is 0.467. The first-order valence-corrected chi connectivity index (χ1v) is 13.5. The van der Waals surface area contributed by atoms with Crippen molar-refractivity contribution in [3.05, 3.63) is 53.5 Å². The van der Waals surface area contributed by atoms with Crippen molar-refractivity contribution in [1.29, 1.82) is 5.26 Å². The molecule has 1 atom stereocenters. The highest BCUT2D eigenvalue weighted by Crippen LogP contribution is 2.47. The molecule has 7 rings (SSSR count). The Kier molecular flexibility index (Phi) is 5.02. The predicted molar refractivity (Wildman–Crippen MR) is 140 cm³/mol. The van der Waals surface area contributed by atoms with Gasteiger partial charge >= 0.3 is 0 Å². The Morgan fingerprint density at radius 2 is 1.89 bits per heavy atom. The van der Waals surface area contributed by atoms with Crippen LogP contribution in [0.3, 0.4) is 0 Å². The number of pyridine rings is 2. The molecule has 0 N–H and O–H groups in total. The van der Waals surface area contributed by atoms with Gasteiger partial charge in [0.05, 0.1) is 17.3 Å². The number of aryl methyl sites for hydroxylation is 1. The van der Waals surface area contributed by atoms with E-state index in [1.807, 2.05) is 13.1 Å². The first-order valence-electron chi connectivity index (χ1n) is 13.5. The van der Waals surface area contributed by atoms with E-state index < -0.39 is 0 Å². The van der Waals surface area contributed by atoms with Gasteiger partial charge in [-0.25, -0.2) is 4.98 Å². The standard InChI is InChI=1S/C30H31N5O/c1-18-13-25-22(16-32-18)3-2-4-24(25)26-14-23(15-31)29(33-28(26)20-7-8-20)34-11-12-35(30(36)21-9-10-21)27(17-34)19-5-6-19/h2-4,13-14,16,19-21,27H,5-12,17H2,1H3. The van der Waals surface area contributed by atoms with Crippen LogP contribution in [0.5, 0.6) is 0 Å². The number of piperazine rings is 1. The third-order valence-electron chi connectivity index (χ3n) is 8.40. The maximum absolute atomic E-state index is 13.0. The molecular formula is C30H31N5O. The van der Waals surface area contributed by atoms with Gasteiger partial charge in [-0.15, -0.1) is 0 Å². The zero-order valence-electron chi connectivity index (χ0n) is 20.8. The molecule has 4 aliphatic rings. The third kappa shape index (κ3) is 3.82. The minimum atomic E-state index is 0.248. The Balaban J connectivity index is 1.29. The van der Waals surface area contributed by atoms with Crippen LogP contribution in [0, 0.1) is 30.1 Å². The minimum absolute atomic E-state index is 0.248. The van der Waals surface area contributed by atoms with Crippen molar-refractivity contribution in [2.45, 2.75) is 57.4 Å². The summed E-state index contributed by atoms with van der Waals surface area (Å²) in [5.74, 6) is 2.46. The lowest BCUT2D eigenvalue weighted by Crippen LogP contribution is -2.57. The van der Waals surface area contributed by atoms with E-state index in [0.717, 1.165) is 84.4 Å². The van der Waals surface area contributed by atoms with Gasteiger partial charge in [0.25, 0.3) is 0 Å². The van der Waals surface area contributed by atoms with Crippen LogP contribution in [0.2, 0.25) is 0 Å². The highest BCUT2D eigenvalue weighted by Gasteiger charge is 2.45. The summed E-state index contributed by atoms with van der Waals surface area (Å²) in [4.78, 5) is 27.2. The summed E-state index contributed by atoms with van der Waals surface area (Å²) in [6.07, 6.45) is 8.72. The lowest BCUT2D eigenvalue weighted by atomic mass is 9.94. The normalized spacial score (nSPS) is 22.1. The Morgan fingerprint density at radius 3 is 2.61 bits per heavy atom. The average molecular weight is 478 g/mol. The minimum Gasteiger partial charge on any atom is -0.352 e. The number of nitriles is 1. The maximum Gasteiger partial charge on any atom is 0.226 e. The van der Waals surface area contributed by atoms with Crippen molar-refractivity contribution in [1.82, 2.24) is 14.9 Å². The largest absolute Gasteiger partial charge is 0.352 e. The second-order valence-corrected chi connectivity index (χ2v) is 11.2. The number of amides is 1. The van der Waals surface area contributed by atoms with Gasteiger partial charge in [0.1, 0.15) is 11.9 Å². The quantitative estimate of drug-likeness (QED) is 0.506. The summed E-state index contributed by atoms with van der Waals surface area (Å²) in [7, 11) is 0. The van der Waals surface area contributed by atoms with Gasteiger partial charge in [0.2, 0.25) is 5.91 Å². The summed E-state index contributed by atoms with van der Waals surface area (Å²) in [5.41, 5.74) is 4.94. The Hall–Kier alpha value is -3.46. The Bertz CT molecular complexity index is 1410. The molecule has 1 aliphatic heterocycles. The molecular weight excluding hydrogens is 446 g/mol. The van der Waals surface area contributed by atoms with E-state index in [-0.39, 0.29) is 12.0 Å². The molecule has 0 spiro atoms. The molecule has 4 fully saturated rings. The third-order valence-corrected chi connectivity index (χ3v) is 8.40. The summed E-state index contributed by atoms with van der Waals surface area (Å²) < 4.78 is 0. The SMILES string of the molecule is Cc1cc2c(-c3cc(C#N)c(N4CCN(C(=O)C5CC5)C(C5CC5)C4)nc3C3CC3)cccc2cn1. The second-order valence-electron chi connectivity index (χ2n) is 11.2. The second kappa shape index (κ2) is 8.30. The lowest BCUT2D eigenvalue weighted by molar-refractivity contribution is -0.135. The average Bonchev–Trinajstić information content (AvgIpc) is 3.76. The molecule has 3 aliphatic carbocycles. The number of fused-ring (bicyclic) bond motifs is 1. The van der Waals surface area contributed by atoms with E-state index in [1.54, 1.807) is 0 Å². The molecule has 0 bridgehead atoms. The van der Waals surface area contributed by atoms with Crippen LogP contribution in [0.1, 0.15) is 61.4 Å². The van der Waals surface area contributed by atoms with E-state index >= 15 is 0 Å². The first kappa shape index (κ1) is 21.8. The topological polar surface area (TPSA) is 73.1 Å². The van der Waals surface area contributed by atoms with Crippen LogP contribution in [0.25, 0.3) is 21.9 Å². The number of carbonyl (C=O) groups is 1. The van der Waals surface area contributed by atoms with Gasteiger partial charge in [-0.1, -0.05) is 18.2 Å². The number of rotatable bonds is 5. The van der Waals surface area contributed by atoms with Crippen LogP contribution < -0.4 is 4.90 Å². The molecule has 6 nitrogen and oxygen atoms in total.